The van der Waals surface area contributed by atoms with Crippen LogP contribution in [-0.4, -0.2) is 30.4 Å². The number of hydrogen-bond donors (Lipinski definition) is 0. The highest BCUT2D eigenvalue weighted by Crippen LogP contribution is 2.39. The highest BCUT2D eigenvalue weighted by Gasteiger charge is 2.48. The van der Waals surface area contributed by atoms with E-state index in [-0.39, 0.29) is 5.78 Å². The first-order valence-electron chi connectivity index (χ1n) is 8.62. The van der Waals surface area contributed by atoms with Crippen molar-refractivity contribution in [2.24, 2.45) is 5.41 Å². The van der Waals surface area contributed by atoms with Gasteiger partial charge in [-0.25, -0.2) is 4.79 Å². The van der Waals surface area contributed by atoms with Crippen molar-refractivity contribution in [2.75, 3.05) is 7.11 Å². The Hall–Kier alpha value is -2.17. The molecular formula is C20H26O5. The van der Waals surface area contributed by atoms with Gasteiger partial charge in [-0.15, -0.1) is 0 Å². The van der Waals surface area contributed by atoms with Gasteiger partial charge in [0.15, 0.2) is 5.78 Å². The Morgan fingerprint density at radius 1 is 1.12 bits per heavy atom. The topological polar surface area (TPSA) is 69.7 Å². The zero-order chi connectivity index (χ0) is 18.7. The molecule has 5 nitrogen and oxygen atoms in total. The SMILES string of the molecule is COC(=O)c1ccc(CC2(C(=O)OC(C)(C)C)CCCCC2=O)cc1. The average Bonchev–Trinajstić information content (AvgIpc) is 2.55. The van der Waals surface area contributed by atoms with Gasteiger partial charge in [0.25, 0.3) is 0 Å². The minimum absolute atomic E-state index is 0.0509. The summed E-state index contributed by atoms with van der Waals surface area (Å²) in [5.74, 6) is -0.908. The molecule has 0 heterocycles. The number of benzene rings is 1. The quantitative estimate of drug-likeness (QED) is 0.616. The summed E-state index contributed by atoms with van der Waals surface area (Å²) in [5.41, 5.74) is -0.504. The zero-order valence-electron chi connectivity index (χ0n) is 15.4. The molecule has 2 rings (SSSR count). The molecular weight excluding hydrogens is 320 g/mol. The van der Waals surface area contributed by atoms with E-state index in [1.54, 1.807) is 45.0 Å². The summed E-state index contributed by atoms with van der Waals surface area (Å²) < 4.78 is 10.3. The normalized spacial score (nSPS) is 20.9. The molecule has 0 spiro atoms. The van der Waals surface area contributed by atoms with E-state index in [9.17, 15) is 14.4 Å². The van der Waals surface area contributed by atoms with Crippen molar-refractivity contribution in [3.05, 3.63) is 35.4 Å². The third kappa shape index (κ3) is 4.47. The lowest BCUT2D eigenvalue weighted by molar-refractivity contribution is -0.172. The number of ether oxygens (including phenoxy) is 2. The molecule has 1 atom stereocenters. The maximum absolute atomic E-state index is 12.9. The van der Waals surface area contributed by atoms with Crippen molar-refractivity contribution in [1.82, 2.24) is 0 Å². The third-order valence-electron chi connectivity index (χ3n) is 4.46. The second kappa shape index (κ2) is 7.38. The zero-order valence-corrected chi connectivity index (χ0v) is 15.4. The Balaban J connectivity index is 2.29. The number of esters is 2. The van der Waals surface area contributed by atoms with Gasteiger partial charge >= 0.3 is 11.9 Å². The van der Waals surface area contributed by atoms with Crippen LogP contribution in [0.4, 0.5) is 0 Å². The predicted molar refractivity (Wildman–Crippen MR) is 93.2 cm³/mol. The van der Waals surface area contributed by atoms with Crippen molar-refractivity contribution < 1.29 is 23.9 Å². The van der Waals surface area contributed by atoms with Crippen molar-refractivity contribution in [3.8, 4) is 0 Å². The molecule has 25 heavy (non-hydrogen) atoms. The molecule has 1 unspecified atom stereocenters. The monoisotopic (exact) mass is 346 g/mol. The molecule has 1 aliphatic carbocycles. The molecule has 1 saturated carbocycles. The van der Waals surface area contributed by atoms with Gasteiger partial charge in [-0.1, -0.05) is 18.6 Å². The van der Waals surface area contributed by atoms with Crippen LogP contribution in [0.15, 0.2) is 24.3 Å². The molecule has 0 N–H and O–H groups in total. The van der Waals surface area contributed by atoms with Gasteiger partial charge in [0.05, 0.1) is 12.7 Å². The first kappa shape index (κ1) is 19.2. The summed E-state index contributed by atoms with van der Waals surface area (Å²) in [6.45, 7) is 5.41. The summed E-state index contributed by atoms with van der Waals surface area (Å²) in [4.78, 5) is 37.1. The van der Waals surface area contributed by atoms with E-state index >= 15 is 0 Å². The number of hydrogen-bond acceptors (Lipinski definition) is 5. The minimum Gasteiger partial charge on any atom is -0.465 e. The molecule has 1 aromatic carbocycles. The Labute approximate surface area is 148 Å². The number of carbonyl (C=O) groups excluding carboxylic acids is 3. The summed E-state index contributed by atoms with van der Waals surface area (Å²) in [6.07, 6.45) is 2.83. The van der Waals surface area contributed by atoms with Gasteiger partial charge in [0.1, 0.15) is 11.0 Å². The predicted octanol–water partition coefficient (Wildman–Crippen LogP) is 3.49. The van der Waals surface area contributed by atoms with Crippen LogP contribution >= 0.6 is 0 Å². The van der Waals surface area contributed by atoms with E-state index in [1.165, 1.54) is 7.11 Å². The summed E-state index contributed by atoms with van der Waals surface area (Å²) in [5, 5.41) is 0. The number of ketones is 1. The van der Waals surface area contributed by atoms with E-state index < -0.39 is 23.0 Å². The number of Topliss-reactive ketones (excluding diaryl/α,β-unsaturated/α-hetero) is 1. The van der Waals surface area contributed by atoms with Crippen LogP contribution in [0.2, 0.25) is 0 Å². The molecule has 1 aliphatic rings. The standard InChI is InChI=1S/C20H26O5/c1-19(2,3)25-18(23)20(12-6-5-7-16(20)21)13-14-8-10-15(11-9-14)17(22)24-4/h8-11H,5-7,12-13H2,1-4H3. The van der Waals surface area contributed by atoms with Gasteiger partial charge in [0.2, 0.25) is 0 Å². The van der Waals surface area contributed by atoms with Crippen LogP contribution in [0.25, 0.3) is 0 Å². The largest absolute Gasteiger partial charge is 0.465 e. The van der Waals surface area contributed by atoms with Crippen molar-refractivity contribution in [3.63, 3.8) is 0 Å². The molecule has 136 valence electrons. The van der Waals surface area contributed by atoms with Gasteiger partial charge in [-0.05, 0) is 57.7 Å². The fraction of sp³-hybridized carbons (Fsp3) is 0.550. The van der Waals surface area contributed by atoms with E-state index in [0.717, 1.165) is 18.4 Å². The van der Waals surface area contributed by atoms with E-state index in [2.05, 4.69) is 4.74 Å². The first-order valence-corrected chi connectivity index (χ1v) is 8.62. The maximum atomic E-state index is 12.9. The second-order valence-electron chi connectivity index (χ2n) is 7.58. The van der Waals surface area contributed by atoms with Gasteiger partial charge < -0.3 is 9.47 Å². The van der Waals surface area contributed by atoms with Crippen molar-refractivity contribution in [2.45, 2.75) is 58.5 Å². The molecule has 0 saturated heterocycles. The van der Waals surface area contributed by atoms with Crippen LogP contribution in [-0.2, 0) is 25.5 Å². The van der Waals surface area contributed by atoms with Crippen LogP contribution in [0, 0.1) is 5.41 Å². The maximum Gasteiger partial charge on any atom is 0.337 e. The minimum atomic E-state index is -1.13. The molecule has 1 fully saturated rings. The Morgan fingerprint density at radius 2 is 1.76 bits per heavy atom. The average molecular weight is 346 g/mol. The van der Waals surface area contributed by atoms with Crippen LogP contribution in [0.5, 0.6) is 0 Å². The third-order valence-corrected chi connectivity index (χ3v) is 4.46. The smallest absolute Gasteiger partial charge is 0.337 e. The molecule has 0 bridgehead atoms. The summed E-state index contributed by atoms with van der Waals surface area (Å²) in [6, 6.07) is 6.83. The summed E-state index contributed by atoms with van der Waals surface area (Å²) >= 11 is 0. The van der Waals surface area contributed by atoms with E-state index in [4.69, 9.17) is 4.74 Å². The lowest BCUT2D eigenvalue weighted by Gasteiger charge is -2.36. The Morgan fingerprint density at radius 3 is 2.28 bits per heavy atom. The van der Waals surface area contributed by atoms with Gasteiger partial charge in [-0.3, -0.25) is 9.59 Å². The Bertz CT molecular complexity index is 654. The van der Waals surface area contributed by atoms with E-state index in [1.807, 2.05) is 0 Å². The molecule has 0 aromatic heterocycles. The lowest BCUT2D eigenvalue weighted by atomic mass is 9.69. The summed E-state index contributed by atoms with van der Waals surface area (Å²) in [7, 11) is 1.33. The van der Waals surface area contributed by atoms with E-state index in [0.29, 0.717) is 24.8 Å². The van der Waals surface area contributed by atoms with Crippen LogP contribution < -0.4 is 0 Å². The van der Waals surface area contributed by atoms with Crippen LogP contribution in [0.3, 0.4) is 0 Å². The second-order valence-corrected chi connectivity index (χ2v) is 7.58. The Kier molecular flexibility index (Phi) is 5.65. The molecule has 0 radical (unpaired) electrons. The van der Waals surface area contributed by atoms with Crippen molar-refractivity contribution in [1.29, 1.82) is 0 Å². The molecule has 1 aromatic rings. The fourth-order valence-electron chi connectivity index (χ4n) is 3.17. The fourth-order valence-corrected chi connectivity index (χ4v) is 3.17. The van der Waals surface area contributed by atoms with Gasteiger partial charge in [-0.2, -0.15) is 0 Å². The lowest BCUT2D eigenvalue weighted by Crippen LogP contribution is -2.47. The molecule has 0 amide bonds. The first-order chi connectivity index (χ1) is 11.7. The number of rotatable bonds is 4. The highest BCUT2D eigenvalue weighted by atomic mass is 16.6. The number of methoxy groups -OCH3 is 1. The number of carbonyl (C=O) groups is 3. The molecule has 5 heteroatoms. The van der Waals surface area contributed by atoms with Crippen LogP contribution in [0.1, 0.15) is 62.4 Å². The van der Waals surface area contributed by atoms with Crippen molar-refractivity contribution >= 4 is 17.7 Å². The van der Waals surface area contributed by atoms with Gasteiger partial charge in [0, 0.05) is 6.42 Å². The molecule has 0 aliphatic heterocycles. The highest BCUT2D eigenvalue weighted by molar-refractivity contribution is 6.04.